The largest absolute Gasteiger partial charge is 0.311 e. The molecule has 0 aliphatic heterocycles. The molecule has 7 aromatic carbocycles. The normalized spacial score (nSPS) is 11.1. The molecule has 0 amide bonds. The fraction of sp³-hybridized carbons (Fsp3) is 0. The quantitative estimate of drug-likeness (QED) is 0.229. The molecule has 7 rings (SSSR count). The van der Waals surface area contributed by atoms with Crippen LogP contribution >= 0.6 is 0 Å². The fourth-order valence-electron chi connectivity index (χ4n) is 5.48. The van der Waals surface area contributed by atoms with Crippen molar-refractivity contribution in [2.45, 2.75) is 0 Å². The summed E-state index contributed by atoms with van der Waals surface area (Å²) in [7, 11) is 0. The van der Waals surface area contributed by atoms with Crippen LogP contribution in [0.3, 0.4) is 0 Å². The topological polar surface area (TPSA) is 3.24 Å². The van der Waals surface area contributed by atoms with Crippen LogP contribution in [0.2, 0.25) is 0 Å². The van der Waals surface area contributed by atoms with Crippen molar-refractivity contribution in [3.63, 3.8) is 0 Å². The van der Waals surface area contributed by atoms with Crippen molar-refractivity contribution in [3.8, 4) is 22.3 Å². The van der Waals surface area contributed by atoms with E-state index in [2.05, 4.69) is 169 Å². The van der Waals surface area contributed by atoms with E-state index in [-0.39, 0.29) is 0 Å². The second-order valence-corrected chi connectivity index (χ2v) is 9.86. The molecule has 0 aliphatic carbocycles. The second-order valence-electron chi connectivity index (χ2n) is 9.86. The lowest BCUT2D eigenvalue weighted by atomic mass is 9.94. The first-order valence-electron chi connectivity index (χ1n) is 13.4. The Morgan fingerprint density at radius 1 is 0.308 bits per heavy atom. The van der Waals surface area contributed by atoms with Gasteiger partial charge in [0.2, 0.25) is 0 Å². The maximum Gasteiger partial charge on any atom is 0.0462 e. The molecule has 0 bridgehead atoms. The molecule has 0 atom stereocenters. The number of benzene rings is 7. The van der Waals surface area contributed by atoms with E-state index < -0.39 is 0 Å². The van der Waals surface area contributed by atoms with Gasteiger partial charge in [0, 0.05) is 17.1 Å². The van der Waals surface area contributed by atoms with Gasteiger partial charge in [-0.25, -0.2) is 0 Å². The molecule has 1 heteroatoms. The lowest BCUT2D eigenvalue weighted by molar-refractivity contribution is 1.28. The summed E-state index contributed by atoms with van der Waals surface area (Å²) in [5.41, 5.74) is 8.36. The highest BCUT2D eigenvalue weighted by molar-refractivity contribution is 5.99. The molecule has 184 valence electrons. The third-order valence-corrected chi connectivity index (χ3v) is 7.43. The third-order valence-electron chi connectivity index (χ3n) is 7.43. The number of rotatable bonds is 5. The van der Waals surface area contributed by atoms with Gasteiger partial charge in [-0.1, -0.05) is 115 Å². The Labute approximate surface area is 229 Å². The number of nitrogens with zero attached hydrogens (tertiary/aromatic N) is 1. The van der Waals surface area contributed by atoms with Crippen LogP contribution in [-0.4, -0.2) is 0 Å². The molecule has 0 heterocycles. The van der Waals surface area contributed by atoms with Gasteiger partial charge in [-0.3, -0.25) is 0 Å². The fourth-order valence-corrected chi connectivity index (χ4v) is 5.48. The van der Waals surface area contributed by atoms with Crippen LogP contribution in [0.25, 0.3) is 43.8 Å². The minimum Gasteiger partial charge on any atom is -0.311 e. The maximum atomic E-state index is 2.31. The molecule has 0 spiro atoms. The standard InChI is InChI=1S/C38H27N/c1-3-13-34(14-4-1)39(35-15-5-2-6-16-35)36-23-20-29(21-24-36)37-17-9-12-33-27-32(22-25-38(33)37)31-19-18-28-10-7-8-11-30(28)26-31/h1-27H. The van der Waals surface area contributed by atoms with Crippen molar-refractivity contribution < 1.29 is 0 Å². The Kier molecular flexibility index (Phi) is 5.88. The van der Waals surface area contributed by atoms with Crippen LogP contribution in [0.15, 0.2) is 164 Å². The third kappa shape index (κ3) is 4.45. The monoisotopic (exact) mass is 497 g/mol. The average molecular weight is 498 g/mol. The van der Waals surface area contributed by atoms with E-state index in [1.807, 2.05) is 0 Å². The molecule has 39 heavy (non-hydrogen) atoms. The summed E-state index contributed by atoms with van der Waals surface area (Å²) in [6.45, 7) is 0. The van der Waals surface area contributed by atoms with Crippen LogP contribution in [0.5, 0.6) is 0 Å². The molecule has 7 aromatic rings. The minimum absolute atomic E-state index is 1.13. The van der Waals surface area contributed by atoms with Gasteiger partial charge >= 0.3 is 0 Å². The molecular weight excluding hydrogens is 470 g/mol. The molecule has 0 aliphatic rings. The molecular formula is C38H27N. The average Bonchev–Trinajstić information content (AvgIpc) is 3.02. The summed E-state index contributed by atoms with van der Waals surface area (Å²) in [6, 6.07) is 58.6. The summed E-state index contributed by atoms with van der Waals surface area (Å²) in [4.78, 5) is 2.29. The lowest BCUT2D eigenvalue weighted by Gasteiger charge is -2.25. The van der Waals surface area contributed by atoms with Crippen molar-refractivity contribution in [3.05, 3.63) is 164 Å². The van der Waals surface area contributed by atoms with Crippen molar-refractivity contribution in [2.75, 3.05) is 4.90 Å². The van der Waals surface area contributed by atoms with E-state index >= 15 is 0 Å². The molecule has 0 N–H and O–H groups in total. The minimum atomic E-state index is 1.13. The van der Waals surface area contributed by atoms with Crippen molar-refractivity contribution >= 4 is 38.6 Å². The van der Waals surface area contributed by atoms with E-state index in [0.717, 1.165) is 17.1 Å². The number of para-hydroxylation sites is 2. The first-order chi connectivity index (χ1) is 19.3. The zero-order chi connectivity index (χ0) is 26.0. The first-order valence-corrected chi connectivity index (χ1v) is 13.4. The van der Waals surface area contributed by atoms with Crippen LogP contribution in [-0.2, 0) is 0 Å². The van der Waals surface area contributed by atoms with E-state index in [1.165, 1.54) is 43.8 Å². The second kappa shape index (κ2) is 9.96. The zero-order valence-corrected chi connectivity index (χ0v) is 21.5. The highest BCUT2D eigenvalue weighted by Gasteiger charge is 2.13. The summed E-state index contributed by atoms with van der Waals surface area (Å²) in [5, 5.41) is 5.05. The molecule has 0 radical (unpaired) electrons. The van der Waals surface area contributed by atoms with Gasteiger partial charge in [0.25, 0.3) is 0 Å². The molecule has 0 aromatic heterocycles. The number of fused-ring (bicyclic) bond motifs is 2. The van der Waals surface area contributed by atoms with Crippen molar-refractivity contribution in [1.29, 1.82) is 0 Å². The highest BCUT2D eigenvalue weighted by atomic mass is 15.1. The maximum absolute atomic E-state index is 2.31. The van der Waals surface area contributed by atoms with Gasteiger partial charge in [0.1, 0.15) is 0 Å². The Morgan fingerprint density at radius 2 is 0.821 bits per heavy atom. The molecule has 0 saturated carbocycles. The lowest BCUT2D eigenvalue weighted by Crippen LogP contribution is -2.09. The summed E-state index contributed by atoms with van der Waals surface area (Å²) < 4.78 is 0. The molecule has 0 saturated heterocycles. The first kappa shape index (κ1) is 23.0. The Hall–Kier alpha value is -5.14. The van der Waals surface area contributed by atoms with Gasteiger partial charge < -0.3 is 4.90 Å². The van der Waals surface area contributed by atoms with E-state index in [9.17, 15) is 0 Å². The van der Waals surface area contributed by atoms with Crippen LogP contribution in [0.1, 0.15) is 0 Å². The predicted molar refractivity (Wildman–Crippen MR) is 167 cm³/mol. The number of hydrogen-bond acceptors (Lipinski definition) is 1. The number of anilines is 3. The number of hydrogen-bond donors (Lipinski definition) is 0. The van der Waals surface area contributed by atoms with Gasteiger partial charge in [-0.15, -0.1) is 0 Å². The predicted octanol–water partition coefficient (Wildman–Crippen LogP) is 10.8. The smallest absolute Gasteiger partial charge is 0.0462 e. The van der Waals surface area contributed by atoms with Crippen LogP contribution < -0.4 is 4.90 Å². The molecule has 0 unspecified atom stereocenters. The summed E-state index contributed by atoms with van der Waals surface area (Å²) in [5.74, 6) is 0. The Morgan fingerprint density at radius 3 is 1.51 bits per heavy atom. The summed E-state index contributed by atoms with van der Waals surface area (Å²) in [6.07, 6.45) is 0. The zero-order valence-electron chi connectivity index (χ0n) is 21.5. The molecule has 1 nitrogen and oxygen atoms in total. The van der Waals surface area contributed by atoms with E-state index in [4.69, 9.17) is 0 Å². The van der Waals surface area contributed by atoms with Gasteiger partial charge in [-0.2, -0.15) is 0 Å². The summed E-state index contributed by atoms with van der Waals surface area (Å²) >= 11 is 0. The SMILES string of the molecule is c1ccc(N(c2ccccc2)c2ccc(-c3cccc4cc(-c5ccc6ccccc6c5)ccc34)cc2)cc1. The van der Waals surface area contributed by atoms with Crippen molar-refractivity contribution in [1.82, 2.24) is 0 Å². The van der Waals surface area contributed by atoms with E-state index in [0.29, 0.717) is 0 Å². The van der Waals surface area contributed by atoms with Gasteiger partial charge in [0.05, 0.1) is 0 Å². The highest BCUT2D eigenvalue weighted by Crippen LogP contribution is 2.37. The van der Waals surface area contributed by atoms with Crippen LogP contribution in [0, 0.1) is 0 Å². The Bertz CT molecular complexity index is 1850. The Balaban J connectivity index is 1.26. The van der Waals surface area contributed by atoms with E-state index in [1.54, 1.807) is 0 Å². The van der Waals surface area contributed by atoms with Gasteiger partial charge in [-0.05, 0) is 92.3 Å². The van der Waals surface area contributed by atoms with Crippen molar-refractivity contribution in [2.24, 2.45) is 0 Å². The molecule has 0 fully saturated rings. The van der Waals surface area contributed by atoms with Crippen LogP contribution in [0.4, 0.5) is 17.1 Å². The van der Waals surface area contributed by atoms with Gasteiger partial charge in [0.15, 0.2) is 0 Å².